The molecule has 1 aliphatic rings. The van der Waals surface area contributed by atoms with Gasteiger partial charge in [-0.2, -0.15) is 13.2 Å². The summed E-state index contributed by atoms with van der Waals surface area (Å²) in [6.45, 7) is 2.72. The molecule has 0 saturated heterocycles. The number of primary amides is 1. The smallest absolute Gasteiger partial charge is 0.475 e. The summed E-state index contributed by atoms with van der Waals surface area (Å²) in [6, 6.07) is 11.4. The fourth-order valence-corrected chi connectivity index (χ4v) is 4.05. The first kappa shape index (κ1) is 27.1. The number of hydrogen-bond acceptors (Lipinski definition) is 5. The molecule has 0 saturated carbocycles. The summed E-state index contributed by atoms with van der Waals surface area (Å²) in [7, 11) is 0. The summed E-state index contributed by atoms with van der Waals surface area (Å²) in [4.78, 5) is 36.3. The van der Waals surface area contributed by atoms with Crippen LogP contribution in [0.15, 0.2) is 53.9 Å². The molecule has 1 aromatic heterocycles. The third kappa shape index (κ3) is 7.99. The van der Waals surface area contributed by atoms with Gasteiger partial charge < -0.3 is 15.7 Å². The lowest BCUT2D eigenvalue weighted by atomic mass is 10.1. The van der Waals surface area contributed by atoms with Gasteiger partial charge in [-0.15, -0.1) is 11.3 Å². The second-order valence-electron chi connectivity index (χ2n) is 7.45. The van der Waals surface area contributed by atoms with Gasteiger partial charge in [-0.3, -0.25) is 14.9 Å². The first-order valence-electron chi connectivity index (χ1n) is 10.5. The Labute approximate surface area is 199 Å². The number of aliphatic carboxylic acids is 1. The summed E-state index contributed by atoms with van der Waals surface area (Å²) in [5.74, 6) is -3.17. The van der Waals surface area contributed by atoms with Crippen molar-refractivity contribution < 1.29 is 32.7 Å². The highest BCUT2D eigenvalue weighted by molar-refractivity contribution is 7.09. The number of carbonyl (C=O) groups excluding carboxylic acids is 2. The molecule has 0 bridgehead atoms. The number of thiophene rings is 1. The minimum atomic E-state index is -5.08. The molecule has 0 radical (unpaired) electrons. The molecular formula is C23H26F3N3O4S. The number of carboxylic acid groups (broad SMARTS) is 1. The Morgan fingerprint density at radius 3 is 2.47 bits per heavy atom. The van der Waals surface area contributed by atoms with Gasteiger partial charge in [0.05, 0.1) is 6.04 Å². The van der Waals surface area contributed by atoms with Crippen LogP contribution >= 0.6 is 11.3 Å². The number of benzene rings is 1. The fraction of sp³-hybridized carbons (Fsp3) is 0.348. The molecule has 4 N–H and O–H groups in total. The van der Waals surface area contributed by atoms with Crippen LogP contribution in [0.2, 0.25) is 0 Å². The second-order valence-corrected chi connectivity index (χ2v) is 8.48. The van der Waals surface area contributed by atoms with Crippen LogP contribution in [-0.4, -0.2) is 47.7 Å². The molecule has 2 heterocycles. The summed E-state index contributed by atoms with van der Waals surface area (Å²) in [5.41, 5.74) is 7.76. The maximum atomic E-state index is 12.6. The molecule has 184 valence electrons. The Morgan fingerprint density at radius 1 is 1.24 bits per heavy atom. The van der Waals surface area contributed by atoms with Crippen LogP contribution in [0.25, 0.3) is 0 Å². The zero-order valence-corrected chi connectivity index (χ0v) is 19.2. The Kier molecular flexibility index (Phi) is 9.82. The van der Waals surface area contributed by atoms with Crippen molar-refractivity contribution in [1.29, 1.82) is 0 Å². The maximum absolute atomic E-state index is 12.6. The van der Waals surface area contributed by atoms with Crippen LogP contribution in [0.3, 0.4) is 0 Å². The van der Waals surface area contributed by atoms with Crippen LogP contribution in [0.1, 0.15) is 23.8 Å². The number of amides is 2. The first-order valence-corrected chi connectivity index (χ1v) is 11.4. The minimum Gasteiger partial charge on any atom is -0.475 e. The molecule has 0 fully saturated rings. The summed E-state index contributed by atoms with van der Waals surface area (Å²) in [6.07, 6.45) is 0.565. The first-order chi connectivity index (χ1) is 16.0. The van der Waals surface area contributed by atoms with Gasteiger partial charge in [0.2, 0.25) is 5.91 Å². The topological polar surface area (TPSA) is 113 Å². The zero-order valence-electron chi connectivity index (χ0n) is 18.4. The van der Waals surface area contributed by atoms with E-state index in [2.05, 4.69) is 11.4 Å². The van der Waals surface area contributed by atoms with E-state index in [4.69, 9.17) is 15.6 Å². The molecule has 3 rings (SSSR count). The summed E-state index contributed by atoms with van der Waals surface area (Å²) >= 11 is 1.61. The van der Waals surface area contributed by atoms with Crippen LogP contribution in [-0.2, 0) is 27.2 Å². The predicted molar refractivity (Wildman–Crippen MR) is 124 cm³/mol. The van der Waals surface area contributed by atoms with Gasteiger partial charge in [0.1, 0.15) is 0 Å². The number of para-hydroxylation sites is 1. The van der Waals surface area contributed by atoms with Gasteiger partial charge in [0.25, 0.3) is 5.91 Å². The van der Waals surface area contributed by atoms with E-state index in [-0.39, 0.29) is 17.9 Å². The fourth-order valence-electron chi connectivity index (χ4n) is 3.30. The number of nitrogens with two attached hydrogens (primary N) is 1. The quantitative estimate of drug-likeness (QED) is 0.485. The lowest BCUT2D eigenvalue weighted by Crippen LogP contribution is -2.47. The Balaban J connectivity index is 0.000000509. The minimum absolute atomic E-state index is 0.0333. The van der Waals surface area contributed by atoms with Crippen LogP contribution in [0.4, 0.5) is 18.9 Å². The molecule has 7 nitrogen and oxygen atoms in total. The Hall–Kier alpha value is -3.18. The number of hydrogen-bond donors (Lipinski definition) is 3. The highest BCUT2D eigenvalue weighted by Crippen LogP contribution is 2.27. The van der Waals surface area contributed by atoms with Gasteiger partial charge in [0, 0.05) is 35.6 Å². The standard InChI is InChI=1S/C21H25N3O2S.C2HF3O2/c1-2-16(23-18(21(22)26)14-17-7-5-13-27-17)9-10-20(25)24-12-11-15-6-3-4-8-19(15)24;3-2(4,5)1(6)7/h3-10,13,16,18,23H,2,11-12,14H2,1H3,(H2,22,26);(H,6,7)/b10-9+;/t16-,18-;/m0./s1. The molecule has 11 heteroatoms. The molecular weight excluding hydrogens is 471 g/mol. The highest BCUT2D eigenvalue weighted by Gasteiger charge is 2.38. The van der Waals surface area contributed by atoms with Crippen molar-refractivity contribution in [2.24, 2.45) is 5.73 Å². The van der Waals surface area contributed by atoms with Crippen molar-refractivity contribution in [3.05, 3.63) is 64.4 Å². The third-order valence-corrected chi connectivity index (χ3v) is 5.95. The van der Waals surface area contributed by atoms with E-state index in [0.717, 1.165) is 23.4 Å². The van der Waals surface area contributed by atoms with E-state index in [1.165, 1.54) is 5.56 Å². The number of fused-ring (bicyclic) bond motifs is 1. The predicted octanol–water partition coefficient (Wildman–Crippen LogP) is 3.29. The molecule has 1 aliphatic heterocycles. The Bertz CT molecular complexity index is 1010. The number of carbonyl (C=O) groups is 3. The average Bonchev–Trinajstić information content (AvgIpc) is 3.45. The largest absolute Gasteiger partial charge is 0.490 e. The normalized spacial score (nSPS) is 14.8. The number of anilines is 1. The van der Waals surface area contributed by atoms with E-state index in [9.17, 15) is 22.8 Å². The van der Waals surface area contributed by atoms with Gasteiger partial charge in [-0.1, -0.05) is 37.3 Å². The van der Waals surface area contributed by atoms with Crippen molar-refractivity contribution in [3.63, 3.8) is 0 Å². The van der Waals surface area contributed by atoms with Gasteiger partial charge in [-0.05, 0) is 35.9 Å². The van der Waals surface area contributed by atoms with Crippen LogP contribution in [0, 0.1) is 0 Å². The number of nitrogens with zero attached hydrogens (tertiary/aromatic N) is 1. The lowest BCUT2D eigenvalue weighted by molar-refractivity contribution is -0.192. The summed E-state index contributed by atoms with van der Waals surface area (Å²) < 4.78 is 31.7. The van der Waals surface area contributed by atoms with Crippen LogP contribution in [0.5, 0.6) is 0 Å². The highest BCUT2D eigenvalue weighted by atomic mass is 32.1. The average molecular weight is 498 g/mol. The SMILES string of the molecule is CC[C@@H](/C=C/C(=O)N1CCc2ccccc21)N[C@@H](Cc1cccs1)C(N)=O.O=C(O)C(F)(F)F. The molecule has 0 aliphatic carbocycles. The molecule has 0 spiro atoms. The molecule has 2 atom stereocenters. The number of alkyl halides is 3. The third-order valence-electron chi connectivity index (χ3n) is 5.05. The van der Waals surface area contributed by atoms with E-state index in [1.807, 2.05) is 48.7 Å². The van der Waals surface area contributed by atoms with E-state index in [1.54, 1.807) is 22.3 Å². The molecule has 34 heavy (non-hydrogen) atoms. The number of nitrogens with one attached hydrogen (secondary N) is 1. The number of rotatable bonds is 8. The van der Waals surface area contributed by atoms with E-state index >= 15 is 0 Å². The number of carboxylic acids is 1. The monoisotopic (exact) mass is 497 g/mol. The van der Waals surface area contributed by atoms with Gasteiger partial charge >= 0.3 is 12.1 Å². The molecule has 0 unspecified atom stereocenters. The van der Waals surface area contributed by atoms with Crippen molar-refractivity contribution in [2.45, 2.75) is 44.4 Å². The summed E-state index contributed by atoms with van der Waals surface area (Å²) in [5, 5.41) is 12.4. The molecule has 1 aromatic carbocycles. The second kappa shape index (κ2) is 12.3. The van der Waals surface area contributed by atoms with Crippen molar-refractivity contribution in [2.75, 3.05) is 11.4 Å². The molecule has 2 aromatic rings. The van der Waals surface area contributed by atoms with Gasteiger partial charge in [0.15, 0.2) is 0 Å². The van der Waals surface area contributed by atoms with E-state index < -0.39 is 18.2 Å². The van der Waals surface area contributed by atoms with E-state index in [0.29, 0.717) is 13.0 Å². The van der Waals surface area contributed by atoms with Crippen molar-refractivity contribution in [3.8, 4) is 0 Å². The number of halogens is 3. The van der Waals surface area contributed by atoms with Crippen molar-refractivity contribution in [1.82, 2.24) is 5.32 Å². The van der Waals surface area contributed by atoms with Gasteiger partial charge in [-0.25, -0.2) is 4.79 Å². The zero-order chi connectivity index (χ0) is 25.3. The molecule has 2 amide bonds. The van der Waals surface area contributed by atoms with Crippen molar-refractivity contribution >= 4 is 34.8 Å². The Morgan fingerprint density at radius 2 is 1.91 bits per heavy atom. The lowest BCUT2D eigenvalue weighted by Gasteiger charge is -2.21. The maximum Gasteiger partial charge on any atom is 0.490 e. The van der Waals surface area contributed by atoms with Crippen LogP contribution < -0.4 is 16.0 Å².